The molecule has 134 valence electrons. The number of hydrogen-bond donors (Lipinski definition) is 2. The van der Waals surface area contributed by atoms with E-state index < -0.39 is 0 Å². The molecule has 3 aliphatic rings. The predicted octanol–water partition coefficient (Wildman–Crippen LogP) is 2.24. The topological polar surface area (TPSA) is 36.5 Å². The molecule has 0 aromatic heterocycles. The Hall–Kier alpha value is -0.160. The summed E-state index contributed by atoms with van der Waals surface area (Å²) in [6, 6.07) is 0.803. The van der Waals surface area contributed by atoms with E-state index in [-0.39, 0.29) is 11.1 Å². The lowest BCUT2D eigenvalue weighted by molar-refractivity contribution is -0.0129. The molecule has 0 amide bonds. The Morgan fingerprint density at radius 3 is 2.61 bits per heavy atom. The van der Waals surface area contributed by atoms with Gasteiger partial charge in [-0.05, 0) is 65.7 Å². The molecule has 0 aromatic rings. The Labute approximate surface area is 142 Å². The molecular weight excluding hydrogens is 286 g/mol. The highest BCUT2D eigenvalue weighted by molar-refractivity contribution is 4.98. The smallest absolute Gasteiger partial charge is 0.0596 e. The number of nitrogens with one attached hydrogen (secondary N) is 2. The van der Waals surface area contributed by atoms with Gasteiger partial charge in [-0.15, -0.1) is 0 Å². The minimum atomic E-state index is 0.207. The largest absolute Gasteiger partial charge is 0.378 e. The van der Waals surface area contributed by atoms with Gasteiger partial charge in [0.25, 0.3) is 0 Å². The van der Waals surface area contributed by atoms with E-state index in [0.29, 0.717) is 12.0 Å². The second-order valence-electron chi connectivity index (χ2n) is 9.71. The summed E-state index contributed by atoms with van der Waals surface area (Å²) in [5.41, 5.74) is 0.468. The van der Waals surface area contributed by atoms with Gasteiger partial charge in [-0.1, -0.05) is 0 Å². The van der Waals surface area contributed by atoms with Crippen LogP contribution < -0.4 is 10.6 Å². The van der Waals surface area contributed by atoms with Crippen molar-refractivity contribution in [3.63, 3.8) is 0 Å². The minimum absolute atomic E-state index is 0.207. The second-order valence-corrected chi connectivity index (χ2v) is 9.71. The van der Waals surface area contributed by atoms with Crippen LogP contribution in [0.3, 0.4) is 0 Å². The Balaban J connectivity index is 1.45. The molecule has 4 nitrogen and oxygen atoms in total. The summed E-state index contributed by atoms with van der Waals surface area (Å²) >= 11 is 0. The number of likely N-dealkylation sites (tertiary alicyclic amines) is 1. The second kappa shape index (κ2) is 6.62. The van der Waals surface area contributed by atoms with Crippen LogP contribution in [0.5, 0.6) is 0 Å². The van der Waals surface area contributed by atoms with Crippen LogP contribution in [0.2, 0.25) is 0 Å². The van der Waals surface area contributed by atoms with Crippen LogP contribution in [0, 0.1) is 11.8 Å². The molecule has 0 bridgehead atoms. The van der Waals surface area contributed by atoms with Gasteiger partial charge in [-0.2, -0.15) is 0 Å². The maximum Gasteiger partial charge on any atom is 0.0596 e. The summed E-state index contributed by atoms with van der Waals surface area (Å²) in [4.78, 5) is 2.72. The summed E-state index contributed by atoms with van der Waals surface area (Å²) < 4.78 is 6.14. The molecule has 3 heterocycles. The molecule has 23 heavy (non-hydrogen) atoms. The molecule has 0 aromatic carbocycles. The monoisotopic (exact) mass is 323 g/mol. The number of rotatable bonds is 5. The zero-order chi connectivity index (χ0) is 16.7. The van der Waals surface area contributed by atoms with Gasteiger partial charge in [0, 0.05) is 43.3 Å². The van der Waals surface area contributed by atoms with Crippen LogP contribution in [-0.2, 0) is 4.74 Å². The van der Waals surface area contributed by atoms with Crippen molar-refractivity contribution < 1.29 is 4.74 Å². The molecule has 4 atom stereocenters. The first kappa shape index (κ1) is 17.7. The Morgan fingerprint density at radius 2 is 2.00 bits per heavy atom. The third kappa shape index (κ3) is 4.47. The first-order valence-electron chi connectivity index (χ1n) is 9.58. The number of piperidine rings is 1. The summed E-state index contributed by atoms with van der Waals surface area (Å²) in [6.07, 6.45) is 4.14. The van der Waals surface area contributed by atoms with Crippen molar-refractivity contribution in [1.82, 2.24) is 15.5 Å². The molecule has 3 rings (SSSR count). The quantitative estimate of drug-likeness (QED) is 0.813. The predicted molar refractivity (Wildman–Crippen MR) is 95.8 cm³/mol. The van der Waals surface area contributed by atoms with Gasteiger partial charge in [0.1, 0.15) is 0 Å². The van der Waals surface area contributed by atoms with Crippen LogP contribution in [-0.4, -0.2) is 60.9 Å². The fourth-order valence-corrected chi connectivity index (χ4v) is 4.40. The molecule has 4 heteroatoms. The highest BCUT2D eigenvalue weighted by atomic mass is 16.5. The Morgan fingerprint density at radius 1 is 1.22 bits per heavy atom. The van der Waals surface area contributed by atoms with Gasteiger partial charge in [-0.25, -0.2) is 0 Å². The lowest BCUT2D eigenvalue weighted by Gasteiger charge is -2.51. The maximum absolute atomic E-state index is 6.14. The average molecular weight is 324 g/mol. The molecular formula is C19H37N3O. The van der Waals surface area contributed by atoms with E-state index in [9.17, 15) is 0 Å². The first-order valence-corrected chi connectivity index (χ1v) is 9.58. The van der Waals surface area contributed by atoms with Crippen molar-refractivity contribution in [2.24, 2.45) is 11.8 Å². The average Bonchev–Trinajstić information content (AvgIpc) is 2.84. The number of ether oxygens (including phenoxy) is 1. The number of fused-ring (bicyclic) bond motifs is 1. The molecule has 0 radical (unpaired) electrons. The van der Waals surface area contributed by atoms with Crippen LogP contribution in [0.4, 0.5) is 0 Å². The SMILES string of the molecule is CC(C)(C)NC[C@@H]1COC(CC(C)(C)N2CCC3NCC3C2)C1. The molecule has 0 spiro atoms. The normalized spacial score (nSPS) is 35.9. The van der Waals surface area contributed by atoms with Crippen LogP contribution in [0.1, 0.15) is 53.9 Å². The number of hydrogen-bond acceptors (Lipinski definition) is 4. The minimum Gasteiger partial charge on any atom is -0.378 e. The number of nitrogens with zero attached hydrogens (tertiary/aromatic N) is 1. The fourth-order valence-electron chi connectivity index (χ4n) is 4.40. The van der Waals surface area contributed by atoms with Crippen LogP contribution >= 0.6 is 0 Å². The molecule has 2 N–H and O–H groups in total. The maximum atomic E-state index is 6.14. The van der Waals surface area contributed by atoms with Crippen molar-refractivity contribution in [3.8, 4) is 0 Å². The Kier molecular flexibility index (Phi) is 5.09. The summed E-state index contributed by atoms with van der Waals surface area (Å²) in [7, 11) is 0. The van der Waals surface area contributed by atoms with E-state index in [4.69, 9.17) is 4.74 Å². The van der Waals surface area contributed by atoms with E-state index in [2.05, 4.69) is 50.2 Å². The highest BCUT2D eigenvalue weighted by Crippen LogP contribution is 2.33. The van der Waals surface area contributed by atoms with Gasteiger partial charge < -0.3 is 15.4 Å². The van der Waals surface area contributed by atoms with Gasteiger partial charge in [-0.3, -0.25) is 4.90 Å². The van der Waals surface area contributed by atoms with Gasteiger partial charge >= 0.3 is 0 Å². The van der Waals surface area contributed by atoms with Gasteiger partial charge in [0.2, 0.25) is 0 Å². The summed E-state index contributed by atoms with van der Waals surface area (Å²) in [6.45, 7) is 17.3. The van der Waals surface area contributed by atoms with Crippen molar-refractivity contribution >= 4 is 0 Å². The van der Waals surface area contributed by atoms with Crippen molar-refractivity contribution in [3.05, 3.63) is 0 Å². The summed E-state index contributed by atoms with van der Waals surface area (Å²) in [5.74, 6) is 1.56. The lowest BCUT2D eigenvalue weighted by atomic mass is 9.81. The molecule has 0 saturated carbocycles. The third-order valence-corrected chi connectivity index (χ3v) is 6.04. The van der Waals surface area contributed by atoms with Crippen molar-refractivity contribution in [1.29, 1.82) is 0 Å². The molecule has 3 unspecified atom stereocenters. The van der Waals surface area contributed by atoms with E-state index in [1.54, 1.807) is 0 Å². The molecule has 3 fully saturated rings. The van der Waals surface area contributed by atoms with Crippen LogP contribution in [0.25, 0.3) is 0 Å². The molecule has 3 aliphatic heterocycles. The third-order valence-electron chi connectivity index (χ3n) is 6.04. The van der Waals surface area contributed by atoms with E-state index >= 15 is 0 Å². The Bertz CT molecular complexity index is 404. The highest BCUT2D eigenvalue weighted by Gasteiger charge is 2.41. The van der Waals surface area contributed by atoms with Gasteiger partial charge in [0.05, 0.1) is 12.7 Å². The summed E-state index contributed by atoms with van der Waals surface area (Å²) in [5, 5.41) is 7.20. The standard InChI is InChI=1S/C19H37N3O/c1-18(2,3)21-10-14-8-16(23-13-14)9-19(4,5)22-7-6-17-15(12-22)11-20-17/h14-17,20-21H,6-13H2,1-5H3/t14-,15?,16?,17?/m1/s1. The van der Waals surface area contributed by atoms with E-state index in [1.165, 1.54) is 38.9 Å². The van der Waals surface area contributed by atoms with E-state index in [0.717, 1.165) is 25.1 Å². The van der Waals surface area contributed by atoms with Crippen LogP contribution in [0.15, 0.2) is 0 Å². The van der Waals surface area contributed by atoms with Crippen molar-refractivity contribution in [2.45, 2.75) is 77.1 Å². The first-order chi connectivity index (χ1) is 10.7. The van der Waals surface area contributed by atoms with Crippen molar-refractivity contribution in [2.75, 3.05) is 32.8 Å². The molecule has 3 saturated heterocycles. The lowest BCUT2D eigenvalue weighted by Crippen LogP contribution is -2.64. The fraction of sp³-hybridized carbons (Fsp3) is 1.00. The zero-order valence-corrected chi connectivity index (χ0v) is 15.8. The van der Waals surface area contributed by atoms with Gasteiger partial charge in [0.15, 0.2) is 0 Å². The zero-order valence-electron chi connectivity index (χ0n) is 15.8. The van der Waals surface area contributed by atoms with E-state index in [1.807, 2.05) is 0 Å². The molecule has 0 aliphatic carbocycles.